The minimum absolute atomic E-state index is 0.0802. The number of rotatable bonds is 2. The second kappa shape index (κ2) is 4.26. The molecule has 0 aliphatic rings. The SMILES string of the molecule is CC(C)c1ncc(-n2ccccc2=O)cn1. The molecule has 0 bridgehead atoms. The van der Waals surface area contributed by atoms with E-state index in [-0.39, 0.29) is 5.56 Å². The molecular formula is C12H13N3O. The number of aromatic nitrogens is 3. The van der Waals surface area contributed by atoms with Crippen molar-refractivity contribution in [2.45, 2.75) is 19.8 Å². The van der Waals surface area contributed by atoms with Crippen LogP contribution in [0.5, 0.6) is 0 Å². The first-order chi connectivity index (χ1) is 7.68. The first kappa shape index (κ1) is 10.5. The molecule has 0 amide bonds. The second-order valence-corrected chi connectivity index (χ2v) is 3.86. The molecule has 0 radical (unpaired) electrons. The lowest BCUT2D eigenvalue weighted by Gasteiger charge is -2.06. The van der Waals surface area contributed by atoms with Crippen LogP contribution < -0.4 is 5.56 Å². The molecular weight excluding hydrogens is 202 g/mol. The summed E-state index contributed by atoms with van der Waals surface area (Å²) in [6, 6.07) is 5.02. The van der Waals surface area contributed by atoms with Gasteiger partial charge in [0.15, 0.2) is 0 Å². The van der Waals surface area contributed by atoms with Crippen LogP contribution in [-0.4, -0.2) is 14.5 Å². The van der Waals surface area contributed by atoms with Crippen LogP contribution in [0.3, 0.4) is 0 Å². The highest BCUT2D eigenvalue weighted by Gasteiger charge is 2.03. The van der Waals surface area contributed by atoms with E-state index in [1.165, 1.54) is 10.6 Å². The summed E-state index contributed by atoms with van der Waals surface area (Å²) >= 11 is 0. The normalized spacial score (nSPS) is 10.7. The van der Waals surface area contributed by atoms with Crippen LogP contribution >= 0.6 is 0 Å². The summed E-state index contributed by atoms with van der Waals surface area (Å²) in [5.74, 6) is 1.08. The van der Waals surface area contributed by atoms with Gasteiger partial charge < -0.3 is 0 Å². The maximum absolute atomic E-state index is 11.5. The third-order valence-electron chi connectivity index (χ3n) is 2.28. The summed E-state index contributed by atoms with van der Waals surface area (Å²) in [5, 5.41) is 0. The Labute approximate surface area is 93.6 Å². The Bertz CT molecular complexity index is 528. The third kappa shape index (κ3) is 2.00. The minimum atomic E-state index is -0.0802. The molecule has 2 rings (SSSR count). The van der Waals surface area contributed by atoms with Crippen LogP contribution in [0.2, 0.25) is 0 Å². The lowest BCUT2D eigenvalue weighted by Crippen LogP contribution is -2.16. The zero-order valence-electron chi connectivity index (χ0n) is 9.29. The van der Waals surface area contributed by atoms with Crippen molar-refractivity contribution in [2.75, 3.05) is 0 Å². The summed E-state index contributed by atoms with van der Waals surface area (Å²) < 4.78 is 1.52. The Morgan fingerprint density at radius 1 is 1.19 bits per heavy atom. The highest BCUT2D eigenvalue weighted by molar-refractivity contribution is 5.26. The zero-order valence-corrected chi connectivity index (χ0v) is 9.29. The Balaban J connectivity index is 2.43. The molecule has 0 atom stereocenters. The van der Waals surface area contributed by atoms with Crippen molar-refractivity contribution in [2.24, 2.45) is 0 Å². The quantitative estimate of drug-likeness (QED) is 0.766. The van der Waals surface area contributed by atoms with Gasteiger partial charge >= 0.3 is 0 Å². The largest absolute Gasteiger partial charge is 0.281 e. The van der Waals surface area contributed by atoms with Gasteiger partial charge in [-0.3, -0.25) is 9.36 Å². The highest BCUT2D eigenvalue weighted by Crippen LogP contribution is 2.09. The van der Waals surface area contributed by atoms with E-state index in [0.29, 0.717) is 11.6 Å². The van der Waals surface area contributed by atoms with E-state index in [1.54, 1.807) is 30.7 Å². The molecule has 0 fully saturated rings. The van der Waals surface area contributed by atoms with Gasteiger partial charge in [-0.05, 0) is 6.07 Å². The van der Waals surface area contributed by atoms with Crippen molar-refractivity contribution >= 4 is 0 Å². The van der Waals surface area contributed by atoms with E-state index in [0.717, 1.165) is 5.82 Å². The predicted molar refractivity (Wildman–Crippen MR) is 61.7 cm³/mol. The van der Waals surface area contributed by atoms with Gasteiger partial charge in [-0.25, -0.2) is 9.97 Å². The van der Waals surface area contributed by atoms with Crippen LogP contribution in [0.1, 0.15) is 25.6 Å². The van der Waals surface area contributed by atoms with E-state index in [4.69, 9.17) is 0 Å². The van der Waals surface area contributed by atoms with Crippen molar-refractivity contribution in [1.29, 1.82) is 0 Å². The smallest absolute Gasteiger partial charge is 0.255 e. The minimum Gasteiger partial charge on any atom is -0.281 e. The van der Waals surface area contributed by atoms with Crippen LogP contribution in [0.25, 0.3) is 5.69 Å². The number of nitrogens with zero attached hydrogens (tertiary/aromatic N) is 3. The Hall–Kier alpha value is -1.97. The standard InChI is InChI=1S/C12H13N3O/c1-9(2)12-13-7-10(8-14-12)15-6-4-3-5-11(15)16/h3-9H,1-2H3. The molecule has 0 saturated carbocycles. The molecule has 0 saturated heterocycles. The maximum atomic E-state index is 11.5. The van der Waals surface area contributed by atoms with Crippen molar-refractivity contribution in [3.05, 3.63) is 53.0 Å². The third-order valence-corrected chi connectivity index (χ3v) is 2.28. The predicted octanol–water partition coefficient (Wildman–Crippen LogP) is 1.75. The van der Waals surface area contributed by atoms with E-state index in [2.05, 4.69) is 9.97 Å². The van der Waals surface area contributed by atoms with E-state index >= 15 is 0 Å². The van der Waals surface area contributed by atoms with Gasteiger partial charge in [0.05, 0.1) is 18.1 Å². The maximum Gasteiger partial charge on any atom is 0.255 e. The molecule has 2 heterocycles. The topological polar surface area (TPSA) is 47.8 Å². The van der Waals surface area contributed by atoms with Gasteiger partial charge in [0, 0.05) is 18.2 Å². The Morgan fingerprint density at radius 3 is 2.44 bits per heavy atom. The van der Waals surface area contributed by atoms with Crippen LogP contribution in [0.15, 0.2) is 41.6 Å². The lowest BCUT2D eigenvalue weighted by atomic mass is 10.2. The molecule has 0 aliphatic heterocycles. The molecule has 2 aromatic rings. The second-order valence-electron chi connectivity index (χ2n) is 3.86. The van der Waals surface area contributed by atoms with E-state index in [9.17, 15) is 4.79 Å². The lowest BCUT2D eigenvalue weighted by molar-refractivity contribution is 0.767. The fourth-order valence-corrected chi connectivity index (χ4v) is 1.39. The molecule has 2 aromatic heterocycles. The number of hydrogen-bond acceptors (Lipinski definition) is 3. The Morgan fingerprint density at radius 2 is 1.88 bits per heavy atom. The fraction of sp³-hybridized carbons (Fsp3) is 0.250. The summed E-state index contributed by atoms with van der Waals surface area (Å²) in [5.41, 5.74) is 0.610. The van der Waals surface area contributed by atoms with E-state index < -0.39 is 0 Å². The zero-order chi connectivity index (χ0) is 11.5. The van der Waals surface area contributed by atoms with Gasteiger partial charge in [-0.2, -0.15) is 0 Å². The van der Waals surface area contributed by atoms with Crippen LogP contribution in [0, 0.1) is 0 Å². The molecule has 0 aliphatic carbocycles. The first-order valence-electron chi connectivity index (χ1n) is 5.18. The first-order valence-corrected chi connectivity index (χ1v) is 5.18. The Kier molecular flexibility index (Phi) is 2.81. The van der Waals surface area contributed by atoms with Gasteiger partial charge in [0.1, 0.15) is 5.82 Å². The summed E-state index contributed by atoms with van der Waals surface area (Å²) in [7, 11) is 0. The van der Waals surface area contributed by atoms with Crippen molar-refractivity contribution in [3.8, 4) is 5.69 Å². The van der Waals surface area contributed by atoms with E-state index in [1.807, 2.05) is 13.8 Å². The average Bonchev–Trinajstić information content (AvgIpc) is 2.30. The molecule has 16 heavy (non-hydrogen) atoms. The van der Waals surface area contributed by atoms with Crippen LogP contribution in [0.4, 0.5) is 0 Å². The van der Waals surface area contributed by atoms with Crippen LogP contribution in [-0.2, 0) is 0 Å². The molecule has 0 N–H and O–H groups in total. The van der Waals surface area contributed by atoms with Crippen molar-refractivity contribution in [1.82, 2.24) is 14.5 Å². The highest BCUT2D eigenvalue weighted by atomic mass is 16.1. The number of hydrogen-bond donors (Lipinski definition) is 0. The number of pyridine rings is 1. The molecule has 0 aromatic carbocycles. The molecule has 0 spiro atoms. The van der Waals surface area contributed by atoms with Gasteiger partial charge in [-0.15, -0.1) is 0 Å². The molecule has 0 unspecified atom stereocenters. The fourth-order valence-electron chi connectivity index (χ4n) is 1.39. The van der Waals surface area contributed by atoms with Gasteiger partial charge in [0.25, 0.3) is 5.56 Å². The van der Waals surface area contributed by atoms with Crippen molar-refractivity contribution < 1.29 is 0 Å². The van der Waals surface area contributed by atoms with Gasteiger partial charge in [-0.1, -0.05) is 19.9 Å². The summed E-state index contributed by atoms with van der Waals surface area (Å²) in [6.45, 7) is 4.06. The summed E-state index contributed by atoms with van der Waals surface area (Å²) in [4.78, 5) is 20.0. The average molecular weight is 215 g/mol. The summed E-state index contributed by atoms with van der Waals surface area (Å²) in [6.07, 6.45) is 5.05. The molecule has 4 nitrogen and oxygen atoms in total. The molecule has 4 heteroatoms. The van der Waals surface area contributed by atoms with Crippen molar-refractivity contribution in [3.63, 3.8) is 0 Å². The molecule has 82 valence electrons. The van der Waals surface area contributed by atoms with Gasteiger partial charge in [0.2, 0.25) is 0 Å². The monoisotopic (exact) mass is 215 g/mol.